The summed E-state index contributed by atoms with van der Waals surface area (Å²) in [6.07, 6.45) is 1.73. The first kappa shape index (κ1) is 20.0. The van der Waals surface area contributed by atoms with Gasteiger partial charge in [-0.2, -0.15) is 4.98 Å². The van der Waals surface area contributed by atoms with Gasteiger partial charge >= 0.3 is 0 Å². The molecule has 4 aromatic rings. The van der Waals surface area contributed by atoms with E-state index in [-0.39, 0.29) is 0 Å². The van der Waals surface area contributed by atoms with Crippen LogP contribution < -0.4 is 14.2 Å². The summed E-state index contributed by atoms with van der Waals surface area (Å²) in [5.41, 5.74) is 3.12. The number of benzene rings is 2. The third kappa shape index (κ3) is 3.41. The second-order valence-electron chi connectivity index (χ2n) is 6.34. The molecule has 2 aromatic heterocycles. The van der Waals surface area contributed by atoms with Gasteiger partial charge in [-0.15, -0.1) is 0 Å². The summed E-state index contributed by atoms with van der Waals surface area (Å²) in [4.78, 5) is 9.01. The summed E-state index contributed by atoms with van der Waals surface area (Å²) in [6, 6.07) is 11.4. The van der Waals surface area contributed by atoms with E-state index in [4.69, 9.17) is 18.7 Å². The highest BCUT2D eigenvalue weighted by atomic mass is 79.9. The van der Waals surface area contributed by atoms with Crippen molar-refractivity contribution >= 4 is 15.9 Å². The number of hydrogen-bond donors (Lipinski definition) is 0. The molecule has 0 radical (unpaired) electrons. The summed E-state index contributed by atoms with van der Waals surface area (Å²) in [7, 11) is 4.66. The largest absolute Gasteiger partial charge is 0.493 e. The Bertz CT molecular complexity index is 1180. The van der Waals surface area contributed by atoms with Crippen LogP contribution >= 0.6 is 15.9 Å². The Morgan fingerprint density at radius 1 is 1.00 bits per heavy atom. The number of imidazole rings is 1. The minimum atomic E-state index is 0.321. The van der Waals surface area contributed by atoms with Crippen LogP contribution in [0.15, 0.2) is 51.7 Å². The molecule has 0 bridgehead atoms. The molecule has 0 aliphatic carbocycles. The van der Waals surface area contributed by atoms with E-state index < -0.39 is 0 Å². The fourth-order valence-electron chi connectivity index (χ4n) is 3.16. The van der Waals surface area contributed by atoms with Crippen molar-refractivity contribution < 1.29 is 18.7 Å². The molecule has 8 nitrogen and oxygen atoms in total. The van der Waals surface area contributed by atoms with Gasteiger partial charge in [0.1, 0.15) is 12.0 Å². The first-order valence-corrected chi connectivity index (χ1v) is 9.80. The number of aromatic nitrogens is 4. The molecule has 2 heterocycles. The maximum atomic E-state index is 5.51. The summed E-state index contributed by atoms with van der Waals surface area (Å²) in [5.74, 6) is 2.22. The van der Waals surface area contributed by atoms with Gasteiger partial charge in [0, 0.05) is 10.0 Å². The van der Waals surface area contributed by atoms with Crippen LogP contribution in [0.3, 0.4) is 0 Å². The lowest BCUT2D eigenvalue weighted by Gasteiger charge is -2.12. The molecule has 0 saturated heterocycles. The zero-order chi connectivity index (χ0) is 21.3. The Kier molecular flexibility index (Phi) is 5.45. The lowest BCUT2D eigenvalue weighted by Crippen LogP contribution is -1.96. The highest BCUT2D eigenvalue weighted by molar-refractivity contribution is 9.10. The number of halogens is 1. The fourth-order valence-corrected chi connectivity index (χ4v) is 3.63. The third-order valence-corrected chi connectivity index (χ3v) is 5.34. The van der Waals surface area contributed by atoms with E-state index in [2.05, 4.69) is 31.1 Å². The SMILES string of the molecule is COc1cc(-c2noc(-c3ncn(-c4ccccc4Br)c3C)n2)cc(OC)c1OC. The third-order valence-electron chi connectivity index (χ3n) is 4.67. The Balaban J connectivity index is 1.74. The molecule has 0 N–H and O–H groups in total. The monoisotopic (exact) mass is 470 g/mol. The van der Waals surface area contributed by atoms with Gasteiger partial charge in [0.2, 0.25) is 11.6 Å². The van der Waals surface area contributed by atoms with Crippen molar-refractivity contribution in [1.82, 2.24) is 19.7 Å². The van der Waals surface area contributed by atoms with Crippen LogP contribution in [-0.4, -0.2) is 41.0 Å². The van der Waals surface area contributed by atoms with E-state index in [1.165, 1.54) is 0 Å². The number of hydrogen-bond acceptors (Lipinski definition) is 7. The Morgan fingerprint density at radius 3 is 2.33 bits per heavy atom. The van der Waals surface area contributed by atoms with Crippen molar-refractivity contribution in [2.24, 2.45) is 0 Å². The van der Waals surface area contributed by atoms with E-state index in [0.717, 1.165) is 15.9 Å². The van der Waals surface area contributed by atoms with Crippen LogP contribution in [0, 0.1) is 6.92 Å². The highest BCUT2D eigenvalue weighted by Gasteiger charge is 2.21. The quantitative estimate of drug-likeness (QED) is 0.404. The number of ether oxygens (including phenoxy) is 3. The van der Waals surface area contributed by atoms with Crippen molar-refractivity contribution in [3.05, 3.63) is 52.9 Å². The lowest BCUT2D eigenvalue weighted by molar-refractivity contribution is 0.324. The topological polar surface area (TPSA) is 84.4 Å². The van der Waals surface area contributed by atoms with E-state index >= 15 is 0 Å². The molecule has 0 unspecified atom stereocenters. The summed E-state index contributed by atoms with van der Waals surface area (Å²) < 4.78 is 24.6. The molecule has 0 spiro atoms. The molecular weight excluding hydrogens is 452 g/mol. The van der Waals surface area contributed by atoms with E-state index in [1.54, 1.807) is 39.8 Å². The standard InChI is InChI=1S/C21H19BrN4O4/c1-12-18(23-11-26(12)15-8-6-5-7-14(15)22)21-24-20(25-30-21)13-9-16(27-2)19(29-4)17(10-13)28-3/h5-11H,1-4H3. The molecule has 2 aromatic carbocycles. The van der Waals surface area contributed by atoms with Crippen LogP contribution in [-0.2, 0) is 0 Å². The van der Waals surface area contributed by atoms with Gasteiger partial charge in [-0.05, 0) is 47.1 Å². The average Bonchev–Trinajstić information content (AvgIpc) is 3.40. The van der Waals surface area contributed by atoms with Crippen LogP contribution in [0.4, 0.5) is 0 Å². The van der Waals surface area contributed by atoms with Crippen molar-refractivity contribution in [2.75, 3.05) is 21.3 Å². The van der Waals surface area contributed by atoms with E-state index in [0.29, 0.717) is 40.2 Å². The molecule has 30 heavy (non-hydrogen) atoms. The van der Waals surface area contributed by atoms with Crippen LogP contribution in [0.25, 0.3) is 28.7 Å². The van der Waals surface area contributed by atoms with Gasteiger partial charge < -0.3 is 23.3 Å². The Hall–Kier alpha value is -3.33. The van der Waals surface area contributed by atoms with Crippen molar-refractivity contribution in [3.8, 4) is 45.9 Å². The maximum Gasteiger partial charge on any atom is 0.278 e. The minimum Gasteiger partial charge on any atom is -0.493 e. The predicted molar refractivity (Wildman–Crippen MR) is 114 cm³/mol. The number of rotatable bonds is 6. The molecule has 9 heteroatoms. The van der Waals surface area contributed by atoms with Gasteiger partial charge in [-0.1, -0.05) is 17.3 Å². The summed E-state index contributed by atoms with van der Waals surface area (Å²) in [6.45, 7) is 1.95. The highest BCUT2D eigenvalue weighted by Crippen LogP contribution is 2.41. The predicted octanol–water partition coefficient (Wildman–Crippen LogP) is 4.69. The van der Waals surface area contributed by atoms with Crippen molar-refractivity contribution in [3.63, 3.8) is 0 Å². The second-order valence-corrected chi connectivity index (χ2v) is 7.19. The zero-order valence-corrected chi connectivity index (χ0v) is 18.4. The fraction of sp³-hybridized carbons (Fsp3) is 0.190. The number of nitrogens with zero attached hydrogens (tertiary/aromatic N) is 4. The molecular formula is C21H19BrN4O4. The average molecular weight is 471 g/mol. The van der Waals surface area contributed by atoms with E-state index in [1.807, 2.05) is 35.8 Å². The Labute approximate surface area is 181 Å². The van der Waals surface area contributed by atoms with Crippen LogP contribution in [0.1, 0.15) is 5.69 Å². The lowest BCUT2D eigenvalue weighted by atomic mass is 10.1. The molecule has 0 aliphatic rings. The molecule has 0 amide bonds. The number of para-hydroxylation sites is 1. The molecule has 0 saturated carbocycles. The maximum absolute atomic E-state index is 5.51. The first-order valence-electron chi connectivity index (χ1n) is 9.00. The van der Waals surface area contributed by atoms with Gasteiger partial charge in [0.25, 0.3) is 5.89 Å². The van der Waals surface area contributed by atoms with Crippen LogP contribution in [0.2, 0.25) is 0 Å². The van der Waals surface area contributed by atoms with Gasteiger partial charge in [0.05, 0.1) is 32.7 Å². The first-order chi connectivity index (χ1) is 14.6. The van der Waals surface area contributed by atoms with E-state index in [9.17, 15) is 0 Å². The molecule has 4 rings (SSSR count). The smallest absolute Gasteiger partial charge is 0.278 e. The van der Waals surface area contributed by atoms with Crippen LogP contribution in [0.5, 0.6) is 17.2 Å². The molecule has 0 fully saturated rings. The normalized spacial score (nSPS) is 10.8. The van der Waals surface area contributed by atoms with Gasteiger partial charge in [-0.3, -0.25) is 0 Å². The molecule has 154 valence electrons. The molecule has 0 aliphatic heterocycles. The van der Waals surface area contributed by atoms with Crippen molar-refractivity contribution in [2.45, 2.75) is 6.92 Å². The molecule has 0 atom stereocenters. The number of methoxy groups -OCH3 is 3. The minimum absolute atomic E-state index is 0.321. The Morgan fingerprint density at radius 2 is 1.70 bits per heavy atom. The van der Waals surface area contributed by atoms with Gasteiger partial charge in [0.15, 0.2) is 11.5 Å². The summed E-state index contributed by atoms with van der Waals surface area (Å²) >= 11 is 3.57. The summed E-state index contributed by atoms with van der Waals surface area (Å²) in [5, 5.41) is 4.11. The zero-order valence-electron chi connectivity index (χ0n) is 16.8. The van der Waals surface area contributed by atoms with Gasteiger partial charge in [-0.25, -0.2) is 4.98 Å². The van der Waals surface area contributed by atoms with Crippen molar-refractivity contribution in [1.29, 1.82) is 0 Å². The second kappa shape index (κ2) is 8.19.